The topological polar surface area (TPSA) is 49.4 Å². The van der Waals surface area contributed by atoms with E-state index in [1.807, 2.05) is 12.1 Å². The lowest BCUT2D eigenvalue weighted by Crippen LogP contribution is -2.49. The highest BCUT2D eigenvalue weighted by Crippen LogP contribution is 2.39. The number of rotatable bonds is 2. The minimum Gasteiger partial charge on any atom is -0.309 e. The summed E-state index contributed by atoms with van der Waals surface area (Å²) in [5.41, 5.74) is 3.31. The second-order valence-electron chi connectivity index (χ2n) is 5.34. The largest absolute Gasteiger partial charge is 0.309 e. The molecule has 4 nitrogen and oxygen atoms in total. The van der Waals surface area contributed by atoms with Gasteiger partial charge in [0.15, 0.2) is 5.78 Å². The van der Waals surface area contributed by atoms with E-state index in [9.17, 15) is 9.59 Å². The van der Waals surface area contributed by atoms with Crippen LogP contribution in [0.2, 0.25) is 0 Å². The molecule has 3 rings (SSSR count). The summed E-state index contributed by atoms with van der Waals surface area (Å²) < 4.78 is 0. The molecule has 0 aliphatic carbocycles. The summed E-state index contributed by atoms with van der Waals surface area (Å²) >= 11 is 0. The molecular weight excluding hydrogens is 240 g/mol. The highest BCUT2D eigenvalue weighted by Gasteiger charge is 2.41. The predicted octanol–water partition coefficient (Wildman–Crippen LogP) is 1.07. The molecule has 0 bridgehead atoms. The van der Waals surface area contributed by atoms with Crippen LogP contribution in [0.25, 0.3) is 0 Å². The molecule has 2 aliphatic heterocycles. The average molecular weight is 258 g/mol. The zero-order chi connectivity index (χ0) is 13.6. The summed E-state index contributed by atoms with van der Waals surface area (Å²) in [6.45, 7) is 1.57. The van der Waals surface area contributed by atoms with Gasteiger partial charge in [-0.1, -0.05) is 18.2 Å². The standard InChI is InChI=1S/C15H18N2O2/c1-9(18)13-8-11-5-3-4-10-6-7-12(16-2)15(19)17(13)14(10)11/h3-5,12-13,16H,6-8H2,1-2H3. The predicted molar refractivity (Wildman–Crippen MR) is 73.3 cm³/mol. The van der Waals surface area contributed by atoms with E-state index in [1.165, 1.54) is 5.56 Å². The number of hydrogen-bond acceptors (Lipinski definition) is 3. The Morgan fingerprint density at radius 3 is 2.79 bits per heavy atom. The molecule has 19 heavy (non-hydrogen) atoms. The van der Waals surface area contributed by atoms with E-state index < -0.39 is 0 Å². The van der Waals surface area contributed by atoms with Gasteiger partial charge in [-0.2, -0.15) is 0 Å². The van der Waals surface area contributed by atoms with Gasteiger partial charge >= 0.3 is 0 Å². The molecule has 0 aromatic heterocycles. The van der Waals surface area contributed by atoms with Crippen molar-refractivity contribution in [1.29, 1.82) is 0 Å². The smallest absolute Gasteiger partial charge is 0.244 e. The molecule has 1 N–H and O–H groups in total. The Hall–Kier alpha value is -1.68. The molecule has 0 saturated carbocycles. The van der Waals surface area contributed by atoms with Gasteiger partial charge in [-0.3, -0.25) is 14.5 Å². The van der Waals surface area contributed by atoms with Gasteiger partial charge < -0.3 is 5.32 Å². The van der Waals surface area contributed by atoms with E-state index in [1.54, 1.807) is 18.9 Å². The lowest BCUT2D eigenvalue weighted by molar-refractivity contribution is -0.124. The SMILES string of the molecule is CNC1CCc2cccc3c2N(C1=O)C(C(C)=O)C3. The van der Waals surface area contributed by atoms with Crippen LogP contribution in [0.15, 0.2) is 18.2 Å². The molecule has 2 heterocycles. The lowest BCUT2D eigenvalue weighted by atomic mass is 10.0. The number of para-hydroxylation sites is 1. The van der Waals surface area contributed by atoms with Crippen molar-refractivity contribution in [3.63, 3.8) is 0 Å². The zero-order valence-electron chi connectivity index (χ0n) is 11.3. The number of carbonyl (C=O) groups excluding carboxylic acids is 2. The van der Waals surface area contributed by atoms with E-state index in [0.29, 0.717) is 6.42 Å². The fraction of sp³-hybridized carbons (Fsp3) is 0.467. The van der Waals surface area contributed by atoms with Gasteiger partial charge in [0.25, 0.3) is 0 Å². The lowest BCUT2D eigenvalue weighted by Gasteiger charge is -2.26. The van der Waals surface area contributed by atoms with Crippen LogP contribution in [0.3, 0.4) is 0 Å². The first-order valence-electron chi connectivity index (χ1n) is 6.75. The van der Waals surface area contributed by atoms with Crippen molar-refractivity contribution in [2.45, 2.75) is 38.3 Å². The molecule has 1 aromatic rings. The number of hydrogen-bond donors (Lipinski definition) is 1. The molecule has 0 radical (unpaired) electrons. The normalized spacial score (nSPS) is 25.2. The molecule has 2 aliphatic rings. The van der Waals surface area contributed by atoms with Crippen LogP contribution in [-0.2, 0) is 22.4 Å². The Kier molecular flexibility index (Phi) is 2.90. The maximum atomic E-state index is 12.6. The first-order valence-corrected chi connectivity index (χ1v) is 6.75. The molecule has 100 valence electrons. The van der Waals surface area contributed by atoms with E-state index in [2.05, 4.69) is 11.4 Å². The van der Waals surface area contributed by atoms with Crippen LogP contribution in [0.5, 0.6) is 0 Å². The van der Waals surface area contributed by atoms with Gasteiger partial charge in [-0.25, -0.2) is 0 Å². The highest BCUT2D eigenvalue weighted by atomic mass is 16.2. The number of amides is 1. The van der Waals surface area contributed by atoms with Gasteiger partial charge in [-0.05, 0) is 37.9 Å². The number of Topliss-reactive ketones (excluding diaryl/α,β-unsaturated/α-hetero) is 1. The van der Waals surface area contributed by atoms with Crippen LogP contribution >= 0.6 is 0 Å². The Morgan fingerprint density at radius 1 is 1.37 bits per heavy atom. The number of benzene rings is 1. The van der Waals surface area contributed by atoms with E-state index >= 15 is 0 Å². The van der Waals surface area contributed by atoms with Gasteiger partial charge in [-0.15, -0.1) is 0 Å². The summed E-state index contributed by atoms with van der Waals surface area (Å²) in [7, 11) is 1.80. The van der Waals surface area contributed by atoms with Crippen molar-refractivity contribution >= 4 is 17.4 Å². The Morgan fingerprint density at radius 2 is 2.11 bits per heavy atom. The van der Waals surface area contributed by atoms with Gasteiger partial charge in [0, 0.05) is 6.42 Å². The third kappa shape index (κ3) is 1.78. The van der Waals surface area contributed by atoms with Crippen molar-refractivity contribution in [1.82, 2.24) is 5.32 Å². The van der Waals surface area contributed by atoms with Crippen molar-refractivity contribution in [2.24, 2.45) is 0 Å². The molecule has 1 amide bonds. The van der Waals surface area contributed by atoms with Crippen LogP contribution in [0, 0.1) is 0 Å². The first kappa shape index (κ1) is 12.4. The van der Waals surface area contributed by atoms with Crippen LogP contribution < -0.4 is 10.2 Å². The van der Waals surface area contributed by atoms with Crippen molar-refractivity contribution in [3.05, 3.63) is 29.3 Å². The maximum Gasteiger partial charge on any atom is 0.244 e. The highest BCUT2D eigenvalue weighted by molar-refractivity contribution is 6.06. The van der Waals surface area contributed by atoms with Gasteiger partial charge in [0.1, 0.15) is 0 Å². The third-order valence-electron chi connectivity index (χ3n) is 4.22. The van der Waals surface area contributed by atoms with Gasteiger partial charge in [0.05, 0.1) is 17.8 Å². The van der Waals surface area contributed by atoms with Crippen LogP contribution in [-0.4, -0.2) is 30.8 Å². The van der Waals surface area contributed by atoms with Crippen molar-refractivity contribution in [2.75, 3.05) is 11.9 Å². The Labute approximate surface area is 112 Å². The minimum absolute atomic E-state index is 0.0337. The number of aryl methyl sites for hydroxylation is 1. The summed E-state index contributed by atoms with van der Waals surface area (Å²) in [6.07, 6.45) is 2.31. The number of carbonyl (C=O) groups is 2. The van der Waals surface area contributed by atoms with Crippen molar-refractivity contribution < 1.29 is 9.59 Å². The summed E-state index contributed by atoms with van der Waals surface area (Å²) in [6, 6.07) is 5.61. The van der Waals surface area contributed by atoms with E-state index in [4.69, 9.17) is 0 Å². The number of nitrogens with one attached hydrogen (secondary N) is 1. The maximum absolute atomic E-state index is 12.6. The fourth-order valence-corrected chi connectivity index (χ4v) is 3.22. The average Bonchev–Trinajstić information content (AvgIpc) is 2.72. The molecule has 2 unspecified atom stereocenters. The fourth-order valence-electron chi connectivity index (χ4n) is 3.22. The zero-order valence-corrected chi connectivity index (χ0v) is 11.3. The monoisotopic (exact) mass is 258 g/mol. The number of anilines is 1. The number of likely N-dealkylation sites (N-methyl/N-ethyl adjacent to an activating group) is 1. The Balaban J connectivity index is 2.14. The third-order valence-corrected chi connectivity index (χ3v) is 4.22. The van der Waals surface area contributed by atoms with Gasteiger partial charge in [0.2, 0.25) is 5.91 Å². The first-order chi connectivity index (χ1) is 9.13. The molecule has 4 heteroatoms. The molecule has 0 fully saturated rings. The van der Waals surface area contributed by atoms with Crippen LogP contribution in [0.4, 0.5) is 5.69 Å². The molecule has 1 aromatic carbocycles. The van der Waals surface area contributed by atoms with E-state index in [-0.39, 0.29) is 23.8 Å². The summed E-state index contributed by atoms with van der Waals surface area (Å²) in [5, 5.41) is 3.07. The molecule has 0 spiro atoms. The molecule has 2 atom stereocenters. The minimum atomic E-state index is -0.322. The summed E-state index contributed by atoms with van der Waals surface area (Å²) in [4.78, 5) is 26.2. The van der Waals surface area contributed by atoms with Crippen molar-refractivity contribution in [3.8, 4) is 0 Å². The molecule has 0 saturated heterocycles. The number of ketones is 1. The summed E-state index contributed by atoms with van der Waals surface area (Å²) in [5.74, 6) is 0.0960. The Bertz CT molecular complexity index is 553. The van der Waals surface area contributed by atoms with E-state index in [0.717, 1.165) is 24.1 Å². The quantitative estimate of drug-likeness (QED) is 0.863. The molecular formula is C15H18N2O2. The number of nitrogens with zero attached hydrogens (tertiary/aromatic N) is 1. The second kappa shape index (κ2) is 4.46. The van der Waals surface area contributed by atoms with Crippen LogP contribution in [0.1, 0.15) is 24.5 Å². The second-order valence-corrected chi connectivity index (χ2v) is 5.34.